The monoisotopic (exact) mass is 405 g/mol. The zero-order valence-electron chi connectivity index (χ0n) is 16.5. The first-order valence-corrected chi connectivity index (χ1v) is 10.7. The number of ether oxygens (including phenoxy) is 1. The zero-order valence-corrected chi connectivity index (χ0v) is 17.3. The molecule has 0 spiro atoms. The number of amides is 1. The highest BCUT2D eigenvalue weighted by molar-refractivity contribution is 7.09. The van der Waals surface area contributed by atoms with Crippen molar-refractivity contribution in [2.75, 3.05) is 39.9 Å². The first kappa shape index (κ1) is 19.5. The second-order valence-corrected chi connectivity index (χ2v) is 8.64. The van der Waals surface area contributed by atoms with Crippen molar-refractivity contribution in [3.05, 3.63) is 27.8 Å². The number of aromatic nitrogens is 3. The molecule has 0 radical (unpaired) electrons. The summed E-state index contributed by atoms with van der Waals surface area (Å²) in [5, 5.41) is 4.11. The van der Waals surface area contributed by atoms with Crippen molar-refractivity contribution >= 4 is 17.2 Å². The average Bonchev–Trinajstić information content (AvgIpc) is 3.31. The molecule has 0 aliphatic carbocycles. The highest BCUT2D eigenvalue weighted by Gasteiger charge is 2.33. The Labute approximate surface area is 168 Å². The standard InChI is InChI=1S/C19H27N5O3S/c1-13-16(28-12-20-13)11-24-9-15(10-24)18-21-17(22-27-18)3-6-23(2)19(25)14-4-7-26-8-5-14/h12,14-15H,3-11H2,1-2H3. The Hall–Kier alpha value is -1.84. The molecule has 0 N–H and O–H groups in total. The van der Waals surface area contributed by atoms with Crippen LogP contribution in [0.1, 0.15) is 41.0 Å². The van der Waals surface area contributed by atoms with Crippen LogP contribution in [0.3, 0.4) is 0 Å². The van der Waals surface area contributed by atoms with Crippen molar-refractivity contribution in [1.29, 1.82) is 0 Å². The number of nitrogens with zero attached hydrogens (tertiary/aromatic N) is 5. The molecule has 2 fully saturated rings. The molecule has 4 heterocycles. The maximum absolute atomic E-state index is 12.5. The Morgan fingerprint density at radius 2 is 2.14 bits per heavy atom. The van der Waals surface area contributed by atoms with Crippen molar-refractivity contribution in [3.63, 3.8) is 0 Å². The summed E-state index contributed by atoms with van der Waals surface area (Å²) in [6, 6.07) is 0. The number of rotatable bonds is 7. The van der Waals surface area contributed by atoms with Crippen molar-refractivity contribution in [3.8, 4) is 0 Å². The van der Waals surface area contributed by atoms with Crippen LogP contribution in [0.2, 0.25) is 0 Å². The molecule has 1 amide bonds. The fourth-order valence-electron chi connectivity index (χ4n) is 3.71. The molecular formula is C19H27N5O3S. The Bertz CT molecular complexity index is 795. The van der Waals surface area contributed by atoms with Crippen LogP contribution in [0.4, 0.5) is 0 Å². The van der Waals surface area contributed by atoms with Gasteiger partial charge < -0.3 is 14.2 Å². The maximum atomic E-state index is 12.5. The molecule has 0 unspecified atom stereocenters. The quantitative estimate of drug-likeness (QED) is 0.695. The molecule has 9 heteroatoms. The van der Waals surface area contributed by atoms with E-state index in [1.54, 1.807) is 16.2 Å². The third kappa shape index (κ3) is 4.42. The fraction of sp³-hybridized carbons (Fsp3) is 0.684. The van der Waals surface area contributed by atoms with Gasteiger partial charge >= 0.3 is 0 Å². The summed E-state index contributed by atoms with van der Waals surface area (Å²) in [4.78, 5) is 26.8. The van der Waals surface area contributed by atoms with E-state index in [0.29, 0.717) is 43.8 Å². The first-order chi connectivity index (χ1) is 13.6. The van der Waals surface area contributed by atoms with E-state index in [9.17, 15) is 4.79 Å². The highest BCUT2D eigenvalue weighted by atomic mass is 32.1. The van der Waals surface area contributed by atoms with Crippen LogP contribution in [0.15, 0.2) is 10.0 Å². The summed E-state index contributed by atoms with van der Waals surface area (Å²) in [7, 11) is 1.85. The lowest BCUT2D eigenvalue weighted by molar-refractivity contribution is -0.137. The molecule has 0 bridgehead atoms. The van der Waals surface area contributed by atoms with Crippen molar-refractivity contribution in [1.82, 2.24) is 24.9 Å². The van der Waals surface area contributed by atoms with Gasteiger partial charge in [-0.1, -0.05) is 5.16 Å². The van der Waals surface area contributed by atoms with Crippen LogP contribution in [0, 0.1) is 12.8 Å². The topological polar surface area (TPSA) is 84.6 Å². The Morgan fingerprint density at radius 1 is 1.36 bits per heavy atom. The van der Waals surface area contributed by atoms with E-state index in [1.165, 1.54) is 4.88 Å². The van der Waals surface area contributed by atoms with Crippen molar-refractivity contribution in [2.24, 2.45) is 5.92 Å². The van der Waals surface area contributed by atoms with Gasteiger partial charge in [-0.05, 0) is 19.8 Å². The first-order valence-electron chi connectivity index (χ1n) is 9.86. The van der Waals surface area contributed by atoms with E-state index in [4.69, 9.17) is 9.26 Å². The molecule has 28 heavy (non-hydrogen) atoms. The minimum atomic E-state index is 0.0859. The number of likely N-dealkylation sites (N-methyl/N-ethyl adjacent to an activating group) is 1. The Kier molecular flexibility index (Phi) is 6.03. The van der Waals surface area contributed by atoms with E-state index in [-0.39, 0.29) is 11.8 Å². The molecule has 2 aliphatic heterocycles. The summed E-state index contributed by atoms with van der Waals surface area (Å²) in [5.74, 6) is 1.97. The van der Waals surface area contributed by atoms with Gasteiger partial charge in [0.1, 0.15) is 0 Å². The summed E-state index contributed by atoms with van der Waals surface area (Å²) in [5.41, 5.74) is 3.02. The predicted molar refractivity (Wildman–Crippen MR) is 104 cm³/mol. The van der Waals surface area contributed by atoms with Gasteiger partial charge in [0.05, 0.1) is 17.1 Å². The molecule has 4 rings (SSSR count). The summed E-state index contributed by atoms with van der Waals surface area (Å²) >= 11 is 1.71. The molecule has 2 aliphatic rings. The number of thiazole rings is 1. The van der Waals surface area contributed by atoms with E-state index in [0.717, 1.165) is 38.2 Å². The minimum Gasteiger partial charge on any atom is -0.381 e. The van der Waals surface area contributed by atoms with Crippen LogP contribution >= 0.6 is 11.3 Å². The minimum absolute atomic E-state index is 0.0859. The number of aryl methyl sites for hydroxylation is 1. The second kappa shape index (κ2) is 8.67. The average molecular weight is 406 g/mol. The normalized spacial score (nSPS) is 18.9. The summed E-state index contributed by atoms with van der Waals surface area (Å²) in [6.07, 6.45) is 2.25. The van der Waals surface area contributed by atoms with E-state index in [1.807, 2.05) is 12.6 Å². The van der Waals surface area contributed by atoms with Gasteiger partial charge in [-0.2, -0.15) is 4.98 Å². The van der Waals surface area contributed by atoms with Crippen LogP contribution in [0.5, 0.6) is 0 Å². The molecule has 0 atom stereocenters. The van der Waals surface area contributed by atoms with Crippen molar-refractivity contribution in [2.45, 2.75) is 38.6 Å². The van der Waals surface area contributed by atoms with Crippen LogP contribution in [-0.2, 0) is 22.5 Å². The van der Waals surface area contributed by atoms with E-state index in [2.05, 4.69) is 26.9 Å². The lowest BCUT2D eigenvalue weighted by Gasteiger charge is -2.36. The lowest BCUT2D eigenvalue weighted by Crippen LogP contribution is -2.44. The molecular weight excluding hydrogens is 378 g/mol. The van der Waals surface area contributed by atoms with Gasteiger partial charge in [-0.15, -0.1) is 11.3 Å². The number of hydrogen-bond donors (Lipinski definition) is 0. The fourth-order valence-corrected chi connectivity index (χ4v) is 4.52. The lowest BCUT2D eigenvalue weighted by atomic mass is 9.99. The molecule has 8 nitrogen and oxygen atoms in total. The van der Waals surface area contributed by atoms with Crippen LogP contribution in [0.25, 0.3) is 0 Å². The summed E-state index contributed by atoms with van der Waals surface area (Å²) in [6.45, 7) is 6.82. The van der Waals surface area contributed by atoms with Gasteiger partial charge in [0.25, 0.3) is 0 Å². The highest BCUT2D eigenvalue weighted by Crippen LogP contribution is 2.28. The van der Waals surface area contributed by atoms with Crippen molar-refractivity contribution < 1.29 is 14.1 Å². The Morgan fingerprint density at radius 3 is 2.86 bits per heavy atom. The number of hydrogen-bond acceptors (Lipinski definition) is 8. The van der Waals surface area contributed by atoms with Gasteiger partial charge in [0.2, 0.25) is 11.8 Å². The number of carbonyl (C=O) groups is 1. The van der Waals surface area contributed by atoms with Crippen LogP contribution in [-0.4, -0.2) is 70.7 Å². The number of likely N-dealkylation sites (tertiary alicyclic amines) is 1. The maximum Gasteiger partial charge on any atom is 0.232 e. The molecule has 0 saturated carbocycles. The van der Waals surface area contributed by atoms with E-state index < -0.39 is 0 Å². The molecule has 0 aromatic carbocycles. The molecule has 2 saturated heterocycles. The third-order valence-electron chi connectivity index (χ3n) is 5.62. The second-order valence-electron chi connectivity index (χ2n) is 7.70. The summed E-state index contributed by atoms with van der Waals surface area (Å²) < 4.78 is 10.8. The van der Waals surface area contributed by atoms with Gasteiger partial charge in [0.15, 0.2) is 5.82 Å². The largest absolute Gasteiger partial charge is 0.381 e. The SMILES string of the molecule is Cc1ncsc1CN1CC(c2nc(CCN(C)C(=O)C3CCOCC3)no2)C1. The number of carbonyl (C=O) groups excluding carboxylic acids is 1. The predicted octanol–water partition coefficient (Wildman–Crippen LogP) is 1.86. The van der Waals surface area contributed by atoms with Gasteiger partial charge in [-0.3, -0.25) is 9.69 Å². The molecule has 152 valence electrons. The van der Waals surface area contributed by atoms with Gasteiger partial charge in [-0.25, -0.2) is 4.98 Å². The molecule has 2 aromatic rings. The van der Waals surface area contributed by atoms with Crippen LogP contribution < -0.4 is 0 Å². The Balaban J connectivity index is 1.21. The zero-order chi connectivity index (χ0) is 19.5. The van der Waals surface area contributed by atoms with E-state index >= 15 is 0 Å². The third-order valence-corrected chi connectivity index (χ3v) is 6.54. The smallest absolute Gasteiger partial charge is 0.232 e. The molecule has 2 aromatic heterocycles. The van der Waals surface area contributed by atoms with Gasteiger partial charge in [0, 0.05) is 63.7 Å².